The molecule has 0 saturated heterocycles. The number of hydrogen-bond acceptors (Lipinski definition) is 4. The summed E-state index contributed by atoms with van der Waals surface area (Å²) in [5.41, 5.74) is 7.87. The van der Waals surface area contributed by atoms with Crippen molar-refractivity contribution in [3.05, 3.63) is 131 Å². The van der Waals surface area contributed by atoms with Gasteiger partial charge < -0.3 is 9.30 Å². The molecule has 1 atom stereocenters. The quantitative estimate of drug-likeness (QED) is 0.182. The lowest BCUT2D eigenvalue weighted by molar-refractivity contribution is -0.130. The molecule has 0 spiro atoms. The first-order valence-electron chi connectivity index (χ1n) is 13.9. The van der Waals surface area contributed by atoms with Gasteiger partial charge in [-0.05, 0) is 60.9 Å². The van der Waals surface area contributed by atoms with Gasteiger partial charge in [0.15, 0.2) is 0 Å². The Bertz CT molecular complexity index is 1700. The maximum Gasteiger partial charge on any atom is 0.253 e. The Morgan fingerprint density at radius 1 is 0.902 bits per heavy atom. The number of para-hydroxylation sites is 1. The molecule has 206 valence electrons. The maximum atomic E-state index is 13.8. The van der Waals surface area contributed by atoms with Crippen molar-refractivity contribution in [1.29, 1.82) is 0 Å². The van der Waals surface area contributed by atoms with Gasteiger partial charge >= 0.3 is 0 Å². The lowest BCUT2D eigenvalue weighted by atomic mass is 9.97. The van der Waals surface area contributed by atoms with Gasteiger partial charge in [0, 0.05) is 35.0 Å². The zero-order chi connectivity index (χ0) is 28.3. The summed E-state index contributed by atoms with van der Waals surface area (Å²) in [6, 6.07) is 33.2. The van der Waals surface area contributed by atoms with Gasteiger partial charge in [-0.15, -0.1) is 11.8 Å². The Morgan fingerprint density at radius 2 is 1.59 bits per heavy atom. The van der Waals surface area contributed by atoms with Crippen molar-refractivity contribution in [1.82, 2.24) is 9.58 Å². The lowest BCUT2D eigenvalue weighted by Gasteiger charge is -2.22. The summed E-state index contributed by atoms with van der Waals surface area (Å²) < 4.78 is 7.60. The molecule has 0 radical (unpaired) electrons. The van der Waals surface area contributed by atoms with E-state index < -0.39 is 0 Å². The van der Waals surface area contributed by atoms with Crippen LogP contribution in [-0.4, -0.2) is 34.1 Å². The number of fused-ring (bicyclic) bond motifs is 1. The summed E-state index contributed by atoms with van der Waals surface area (Å²) in [6.07, 6.45) is 2.84. The van der Waals surface area contributed by atoms with Crippen molar-refractivity contribution >= 4 is 34.3 Å². The molecule has 6 heteroatoms. The zero-order valence-electron chi connectivity index (χ0n) is 23.6. The van der Waals surface area contributed by atoms with E-state index in [-0.39, 0.29) is 11.9 Å². The third-order valence-electron chi connectivity index (χ3n) is 7.63. The van der Waals surface area contributed by atoms with Crippen LogP contribution >= 0.6 is 11.8 Å². The fraction of sp³-hybridized carbons (Fsp3) is 0.200. The Labute approximate surface area is 245 Å². The first kappa shape index (κ1) is 26.9. The smallest absolute Gasteiger partial charge is 0.253 e. The second-order valence-corrected chi connectivity index (χ2v) is 11.6. The fourth-order valence-electron chi connectivity index (χ4n) is 5.30. The van der Waals surface area contributed by atoms with E-state index in [1.807, 2.05) is 24.3 Å². The predicted octanol–water partition coefficient (Wildman–Crippen LogP) is 7.79. The number of aromatic nitrogens is 1. The summed E-state index contributed by atoms with van der Waals surface area (Å²) in [4.78, 5) is 14.9. The largest absolute Gasteiger partial charge is 0.497 e. The summed E-state index contributed by atoms with van der Waals surface area (Å²) in [5, 5.41) is 7.74. The molecular weight excluding hydrogens is 526 g/mol. The van der Waals surface area contributed by atoms with Gasteiger partial charge in [-0.1, -0.05) is 77.9 Å². The molecule has 41 heavy (non-hydrogen) atoms. The number of carbonyl (C=O) groups excluding carboxylic acids is 1. The minimum absolute atomic E-state index is 0.000507. The average molecular weight is 560 g/mol. The Hall–Kier alpha value is -4.29. The van der Waals surface area contributed by atoms with Gasteiger partial charge in [0.1, 0.15) is 5.75 Å². The Morgan fingerprint density at radius 3 is 2.29 bits per heavy atom. The molecule has 0 saturated carbocycles. The molecule has 1 aromatic heterocycles. The molecule has 4 aromatic carbocycles. The van der Waals surface area contributed by atoms with Crippen molar-refractivity contribution in [2.24, 2.45) is 5.10 Å². The van der Waals surface area contributed by atoms with E-state index >= 15 is 0 Å². The third-order valence-corrected chi connectivity index (χ3v) is 8.66. The summed E-state index contributed by atoms with van der Waals surface area (Å²) in [5.74, 6) is 1.10. The fourth-order valence-corrected chi connectivity index (χ4v) is 6.24. The van der Waals surface area contributed by atoms with Crippen molar-refractivity contribution in [2.75, 3.05) is 12.9 Å². The molecule has 1 amide bonds. The highest BCUT2D eigenvalue weighted by Gasteiger charge is 2.33. The Balaban J connectivity index is 1.25. The van der Waals surface area contributed by atoms with E-state index in [0.29, 0.717) is 12.2 Å². The highest BCUT2D eigenvalue weighted by Crippen LogP contribution is 2.36. The summed E-state index contributed by atoms with van der Waals surface area (Å²) in [6.45, 7) is 4.97. The topological polar surface area (TPSA) is 46.8 Å². The van der Waals surface area contributed by atoms with Crippen LogP contribution < -0.4 is 4.74 Å². The number of rotatable bonds is 8. The van der Waals surface area contributed by atoms with Crippen molar-refractivity contribution in [3.8, 4) is 5.75 Å². The van der Waals surface area contributed by atoms with Gasteiger partial charge in [-0.3, -0.25) is 4.79 Å². The van der Waals surface area contributed by atoms with Gasteiger partial charge in [0.25, 0.3) is 5.91 Å². The van der Waals surface area contributed by atoms with Crippen LogP contribution in [0.25, 0.3) is 10.9 Å². The Kier molecular flexibility index (Phi) is 7.66. The van der Waals surface area contributed by atoms with Crippen molar-refractivity contribution in [2.45, 2.75) is 37.8 Å². The van der Waals surface area contributed by atoms with Gasteiger partial charge in [0.05, 0.1) is 24.6 Å². The third kappa shape index (κ3) is 5.79. The number of aryl methyl sites for hydroxylation is 2. The number of methoxy groups -OCH3 is 1. The van der Waals surface area contributed by atoms with Crippen LogP contribution in [0.3, 0.4) is 0 Å². The molecule has 2 heterocycles. The van der Waals surface area contributed by atoms with Crippen LogP contribution in [0.5, 0.6) is 5.75 Å². The van der Waals surface area contributed by atoms with Gasteiger partial charge in [-0.25, -0.2) is 5.01 Å². The van der Waals surface area contributed by atoms with Crippen LogP contribution in [0.1, 0.15) is 40.3 Å². The number of benzene rings is 4. The number of ether oxygens (including phenoxy) is 1. The monoisotopic (exact) mass is 559 g/mol. The molecule has 6 rings (SSSR count). The molecule has 5 nitrogen and oxygen atoms in total. The number of hydrogen-bond donors (Lipinski definition) is 0. The second kappa shape index (κ2) is 11.7. The van der Waals surface area contributed by atoms with E-state index in [1.54, 1.807) is 23.9 Å². The zero-order valence-corrected chi connectivity index (χ0v) is 24.4. The number of thioether (sulfide) groups is 1. The molecule has 1 aliphatic rings. The molecule has 1 unspecified atom stereocenters. The van der Waals surface area contributed by atoms with Gasteiger partial charge in [0.2, 0.25) is 0 Å². The van der Waals surface area contributed by atoms with Crippen LogP contribution in [0, 0.1) is 13.8 Å². The van der Waals surface area contributed by atoms with Crippen LogP contribution in [0.15, 0.2) is 113 Å². The van der Waals surface area contributed by atoms with E-state index in [4.69, 9.17) is 9.84 Å². The summed E-state index contributed by atoms with van der Waals surface area (Å²) >= 11 is 1.58. The highest BCUT2D eigenvalue weighted by molar-refractivity contribution is 8.00. The van der Waals surface area contributed by atoms with Crippen molar-refractivity contribution in [3.63, 3.8) is 0 Å². The van der Waals surface area contributed by atoms with Crippen molar-refractivity contribution < 1.29 is 9.53 Å². The van der Waals surface area contributed by atoms with Crippen LogP contribution in [0.4, 0.5) is 0 Å². The molecule has 1 aliphatic heterocycles. The van der Waals surface area contributed by atoms with Crippen LogP contribution in [-0.2, 0) is 11.3 Å². The molecule has 0 fully saturated rings. The number of amides is 1. The van der Waals surface area contributed by atoms with E-state index in [2.05, 4.69) is 97.4 Å². The molecule has 0 N–H and O–H groups in total. The molecule has 0 aliphatic carbocycles. The lowest BCUT2D eigenvalue weighted by Crippen LogP contribution is -2.28. The van der Waals surface area contributed by atoms with E-state index in [1.165, 1.54) is 22.2 Å². The highest BCUT2D eigenvalue weighted by atomic mass is 32.2. The summed E-state index contributed by atoms with van der Waals surface area (Å²) in [7, 11) is 1.66. The second-order valence-electron chi connectivity index (χ2n) is 10.6. The van der Waals surface area contributed by atoms with Gasteiger partial charge in [-0.2, -0.15) is 5.10 Å². The number of carbonyl (C=O) groups is 1. The standard InChI is InChI=1S/C35H33N3O2S/c1-24-8-12-26(13-9-24)21-37-22-34(30-6-4-5-7-32(30)37)41-23-35(39)38-33(28-14-10-25(2)11-15-28)20-31(36-38)27-16-18-29(40-3)19-17-27/h4-19,22,33H,20-21,23H2,1-3H3. The van der Waals surface area contributed by atoms with E-state index in [0.717, 1.165) is 39.4 Å². The minimum Gasteiger partial charge on any atom is -0.497 e. The molecular formula is C35H33N3O2S. The van der Waals surface area contributed by atoms with Crippen LogP contribution in [0.2, 0.25) is 0 Å². The molecule has 0 bridgehead atoms. The SMILES string of the molecule is COc1ccc(C2=NN(C(=O)CSc3cn(Cc4ccc(C)cc4)c4ccccc34)C(c3ccc(C)cc3)C2)cc1. The first-order valence-corrected chi connectivity index (χ1v) is 14.8. The normalized spacial score (nSPS) is 14.9. The maximum absolute atomic E-state index is 13.8. The predicted molar refractivity (Wildman–Crippen MR) is 168 cm³/mol. The van der Waals surface area contributed by atoms with E-state index in [9.17, 15) is 4.79 Å². The number of hydrazone groups is 1. The average Bonchev–Trinajstić information content (AvgIpc) is 3.60. The minimum atomic E-state index is -0.135. The number of nitrogens with zero attached hydrogens (tertiary/aromatic N) is 3. The molecule has 5 aromatic rings. The first-order chi connectivity index (χ1) is 20.0.